The fourth-order valence-corrected chi connectivity index (χ4v) is 0.850. The van der Waals surface area contributed by atoms with Gasteiger partial charge in [0.2, 0.25) is 5.95 Å². The molecule has 0 aliphatic rings. The Balaban J connectivity index is 3.27. The number of carbonyl (C=O) groups is 1. The normalized spacial score (nSPS) is 11.5. The largest absolute Gasteiger partial charge is 0.417 e. The molecule has 0 atom stereocenters. The highest BCUT2D eigenvalue weighted by molar-refractivity contribution is 5.94. The van der Waals surface area contributed by atoms with Gasteiger partial charge in [-0.1, -0.05) is 0 Å². The van der Waals surface area contributed by atoms with Gasteiger partial charge in [0.25, 0.3) is 0 Å². The van der Waals surface area contributed by atoms with E-state index in [0.717, 1.165) is 6.92 Å². The lowest BCUT2D eigenvalue weighted by atomic mass is 10.1. The SMILES string of the molecule is CC(=O)c1cc(C(F)(F)F)cnc1F. The zero-order chi connectivity index (χ0) is 10.9. The van der Waals surface area contributed by atoms with Crippen molar-refractivity contribution in [3.63, 3.8) is 0 Å². The number of hydrogen-bond acceptors (Lipinski definition) is 2. The highest BCUT2D eigenvalue weighted by atomic mass is 19.4. The first-order chi connectivity index (χ1) is 6.32. The first kappa shape index (κ1) is 10.6. The highest BCUT2D eigenvalue weighted by Crippen LogP contribution is 2.29. The van der Waals surface area contributed by atoms with E-state index < -0.39 is 29.0 Å². The van der Waals surface area contributed by atoms with Gasteiger partial charge in [-0.05, 0) is 13.0 Å². The van der Waals surface area contributed by atoms with Crippen LogP contribution in [0.25, 0.3) is 0 Å². The zero-order valence-corrected chi connectivity index (χ0v) is 7.02. The van der Waals surface area contributed by atoms with Gasteiger partial charge in [0, 0.05) is 6.20 Å². The number of Topliss-reactive ketones (excluding diaryl/α,β-unsaturated/α-hetero) is 1. The third-order valence-electron chi connectivity index (χ3n) is 1.55. The van der Waals surface area contributed by atoms with Crippen molar-refractivity contribution in [3.05, 3.63) is 29.3 Å². The molecule has 0 amide bonds. The number of nitrogens with zero attached hydrogens (tertiary/aromatic N) is 1. The number of ketones is 1. The van der Waals surface area contributed by atoms with Crippen LogP contribution in [0.3, 0.4) is 0 Å². The van der Waals surface area contributed by atoms with Gasteiger partial charge in [0.15, 0.2) is 5.78 Å². The first-order valence-electron chi connectivity index (χ1n) is 3.56. The van der Waals surface area contributed by atoms with Crippen LogP contribution >= 0.6 is 0 Å². The lowest BCUT2D eigenvalue weighted by Gasteiger charge is -2.06. The van der Waals surface area contributed by atoms with Crippen molar-refractivity contribution in [2.45, 2.75) is 13.1 Å². The molecule has 0 radical (unpaired) electrons. The van der Waals surface area contributed by atoms with Crippen LogP contribution in [0.15, 0.2) is 12.3 Å². The Morgan fingerprint density at radius 1 is 1.43 bits per heavy atom. The molecule has 0 aromatic carbocycles. The molecule has 14 heavy (non-hydrogen) atoms. The van der Waals surface area contributed by atoms with E-state index in [1.165, 1.54) is 0 Å². The smallest absolute Gasteiger partial charge is 0.294 e. The Kier molecular flexibility index (Phi) is 2.55. The molecule has 76 valence electrons. The summed E-state index contributed by atoms with van der Waals surface area (Å²) in [6.07, 6.45) is -4.27. The Bertz CT molecular complexity index is 372. The first-order valence-corrected chi connectivity index (χ1v) is 3.56. The lowest BCUT2D eigenvalue weighted by Crippen LogP contribution is -2.09. The number of hydrogen-bond donors (Lipinski definition) is 0. The van der Waals surface area contributed by atoms with Crippen LogP contribution in [0.5, 0.6) is 0 Å². The molecule has 0 bridgehead atoms. The molecular formula is C8H5F4NO. The minimum atomic E-state index is -4.62. The monoisotopic (exact) mass is 207 g/mol. The van der Waals surface area contributed by atoms with Crippen molar-refractivity contribution in [2.24, 2.45) is 0 Å². The summed E-state index contributed by atoms with van der Waals surface area (Å²) in [5.41, 5.74) is -1.79. The van der Waals surface area contributed by atoms with E-state index in [9.17, 15) is 22.4 Å². The van der Waals surface area contributed by atoms with Gasteiger partial charge >= 0.3 is 6.18 Å². The average molecular weight is 207 g/mol. The maximum atomic E-state index is 12.7. The van der Waals surface area contributed by atoms with Crippen molar-refractivity contribution in [3.8, 4) is 0 Å². The fourth-order valence-electron chi connectivity index (χ4n) is 0.850. The summed E-state index contributed by atoms with van der Waals surface area (Å²) in [4.78, 5) is 13.6. The van der Waals surface area contributed by atoms with Crippen LogP contribution in [0.4, 0.5) is 17.6 Å². The van der Waals surface area contributed by atoms with Crippen molar-refractivity contribution in [1.82, 2.24) is 4.98 Å². The Labute approximate surface area is 76.6 Å². The predicted molar refractivity (Wildman–Crippen MR) is 39.2 cm³/mol. The molecular weight excluding hydrogens is 202 g/mol. The Hall–Kier alpha value is -1.46. The molecule has 1 rings (SSSR count). The summed E-state index contributed by atoms with van der Waals surface area (Å²) >= 11 is 0. The third kappa shape index (κ3) is 2.07. The van der Waals surface area contributed by atoms with E-state index >= 15 is 0 Å². The second kappa shape index (κ2) is 3.36. The summed E-state index contributed by atoms with van der Waals surface area (Å²) in [6.45, 7) is 0.972. The van der Waals surface area contributed by atoms with Crippen molar-refractivity contribution in [2.75, 3.05) is 0 Å². The Morgan fingerprint density at radius 2 is 2.00 bits per heavy atom. The minimum absolute atomic E-state index is 0.349. The fraction of sp³-hybridized carbons (Fsp3) is 0.250. The quantitative estimate of drug-likeness (QED) is 0.402. The molecule has 0 saturated heterocycles. The van der Waals surface area contributed by atoms with E-state index in [0.29, 0.717) is 12.3 Å². The zero-order valence-electron chi connectivity index (χ0n) is 7.02. The highest BCUT2D eigenvalue weighted by Gasteiger charge is 2.32. The molecule has 0 saturated carbocycles. The average Bonchev–Trinajstić information content (AvgIpc) is 2.02. The van der Waals surface area contributed by atoms with E-state index in [2.05, 4.69) is 4.98 Å². The minimum Gasteiger partial charge on any atom is -0.294 e. The molecule has 6 heteroatoms. The molecule has 2 nitrogen and oxygen atoms in total. The number of aromatic nitrogens is 1. The van der Waals surface area contributed by atoms with Crippen molar-refractivity contribution in [1.29, 1.82) is 0 Å². The third-order valence-corrected chi connectivity index (χ3v) is 1.55. The molecule has 0 spiro atoms. The number of alkyl halides is 3. The van der Waals surface area contributed by atoms with Gasteiger partial charge in [-0.3, -0.25) is 4.79 Å². The lowest BCUT2D eigenvalue weighted by molar-refractivity contribution is -0.137. The van der Waals surface area contributed by atoms with E-state index in [1.54, 1.807) is 0 Å². The molecule has 1 heterocycles. The molecule has 1 aromatic rings. The van der Waals surface area contributed by atoms with Gasteiger partial charge in [0.1, 0.15) is 0 Å². The molecule has 0 N–H and O–H groups in total. The van der Waals surface area contributed by atoms with E-state index in [-0.39, 0.29) is 0 Å². The van der Waals surface area contributed by atoms with E-state index in [1.807, 2.05) is 0 Å². The van der Waals surface area contributed by atoms with Crippen LogP contribution in [0.2, 0.25) is 0 Å². The van der Waals surface area contributed by atoms with Gasteiger partial charge in [-0.2, -0.15) is 17.6 Å². The van der Waals surface area contributed by atoms with Crippen LogP contribution in [0, 0.1) is 5.95 Å². The van der Waals surface area contributed by atoms with Gasteiger partial charge < -0.3 is 0 Å². The second-order valence-electron chi connectivity index (χ2n) is 2.62. The summed E-state index contributed by atoms with van der Waals surface area (Å²) in [6, 6.07) is 0.449. The second-order valence-corrected chi connectivity index (χ2v) is 2.62. The number of carbonyl (C=O) groups excluding carboxylic acids is 1. The number of halogens is 4. The van der Waals surface area contributed by atoms with Crippen LogP contribution in [0.1, 0.15) is 22.8 Å². The van der Waals surface area contributed by atoms with E-state index in [4.69, 9.17) is 0 Å². The maximum Gasteiger partial charge on any atom is 0.417 e. The summed E-state index contributed by atoms with van der Waals surface area (Å²) < 4.78 is 49.0. The van der Waals surface area contributed by atoms with Crippen LogP contribution in [-0.4, -0.2) is 10.8 Å². The van der Waals surface area contributed by atoms with Gasteiger partial charge in [0.05, 0.1) is 11.1 Å². The summed E-state index contributed by atoms with van der Waals surface area (Å²) in [5.74, 6) is -1.98. The van der Waals surface area contributed by atoms with Crippen molar-refractivity contribution >= 4 is 5.78 Å². The molecule has 0 aliphatic carbocycles. The van der Waals surface area contributed by atoms with Gasteiger partial charge in [-0.15, -0.1) is 0 Å². The number of rotatable bonds is 1. The predicted octanol–water partition coefficient (Wildman–Crippen LogP) is 2.44. The summed E-state index contributed by atoms with van der Waals surface area (Å²) in [5, 5.41) is 0. The van der Waals surface area contributed by atoms with Crippen molar-refractivity contribution < 1.29 is 22.4 Å². The van der Waals surface area contributed by atoms with Gasteiger partial charge in [-0.25, -0.2) is 4.98 Å². The molecule has 0 unspecified atom stereocenters. The topological polar surface area (TPSA) is 30.0 Å². The standard InChI is InChI=1S/C8H5F4NO/c1-4(14)6-2-5(8(10,11)12)3-13-7(6)9/h2-3H,1H3. The summed E-state index contributed by atoms with van der Waals surface area (Å²) in [7, 11) is 0. The van der Waals surface area contributed by atoms with Crippen LogP contribution < -0.4 is 0 Å². The Morgan fingerprint density at radius 3 is 2.43 bits per heavy atom. The molecule has 0 fully saturated rings. The molecule has 0 aliphatic heterocycles. The maximum absolute atomic E-state index is 12.7. The molecule has 1 aromatic heterocycles. The van der Waals surface area contributed by atoms with Crippen LogP contribution in [-0.2, 0) is 6.18 Å². The number of pyridine rings is 1.